The van der Waals surface area contributed by atoms with E-state index in [9.17, 15) is 14.4 Å². The highest BCUT2D eigenvalue weighted by Crippen LogP contribution is 2.37. The van der Waals surface area contributed by atoms with Crippen LogP contribution in [0.4, 0.5) is 15.8 Å². The molecule has 0 saturated carbocycles. The second kappa shape index (κ2) is 22.2. The summed E-state index contributed by atoms with van der Waals surface area (Å²) in [5, 5.41) is 14.0. The average Bonchev–Trinajstić information content (AvgIpc) is 3.80. The topological polar surface area (TPSA) is 163 Å². The lowest BCUT2D eigenvalue weighted by atomic mass is 9.89. The van der Waals surface area contributed by atoms with Crippen molar-refractivity contribution in [2.75, 3.05) is 103 Å². The molecule has 0 unspecified atom stereocenters. The maximum Gasteiger partial charge on any atom is 0.338 e. The summed E-state index contributed by atoms with van der Waals surface area (Å²) in [6, 6.07) is 14.1. The van der Waals surface area contributed by atoms with Crippen LogP contribution in [0.2, 0.25) is 5.02 Å². The molecule has 0 spiro atoms. The minimum atomic E-state index is -1.05. The van der Waals surface area contributed by atoms with Crippen LogP contribution >= 0.6 is 11.6 Å². The number of aromatic nitrogens is 4. The third-order valence-electron chi connectivity index (χ3n) is 10.3. The molecule has 16 nitrogen and oxygen atoms in total. The zero-order valence-electron chi connectivity index (χ0n) is 35.6. The maximum atomic E-state index is 15.5. The Hall–Kier alpha value is -5.30. The van der Waals surface area contributed by atoms with Gasteiger partial charge in [-0.25, -0.2) is 9.18 Å². The highest BCUT2D eigenvalue weighted by molar-refractivity contribution is 6.31. The minimum absolute atomic E-state index is 0.000718. The lowest BCUT2D eigenvalue weighted by Crippen LogP contribution is -2.48. The Morgan fingerprint density at radius 3 is 2.23 bits per heavy atom. The van der Waals surface area contributed by atoms with Gasteiger partial charge in [-0.15, -0.1) is 5.10 Å². The number of anilines is 2. The van der Waals surface area contributed by atoms with Crippen molar-refractivity contribution in [3.8, 4) is 5.69 Å². The van der Waals surface area contributed by atoms with Crippen LogP contribution in [0.1, 0.15) is 53.9 Å². The number of benzene rings is 3. The molecule has 1 aromatic heterocycles. The molecule has 2 aliphatic rings. The molecule has 4 aromatic rings. The zero-order chi connectivity index (χ0) is 44.1. The molecule has 0 aliphatic carbocycles. The Balaban J connectivity index is 1.16. The van der Waals surface area contributed by atoms with Crippen molar-refractivity contribution >= 4 is 46.8 Å². The van der Waals surface area contributed by atoms with Gasteiger partial charge in [-0.05, 0) is 97.3 Å². The van der Waals surface area contributed by atoms with E-state index < -0.39 is 35.2 Å². The third-order valence-corrected chi connectivity index (χ3v) is 10.5. The minimum Gasteiger partial charge on any atom is -0.456 e. The zero-order valence-corrected chi connectivity index (χ0v) is 36.3. The van der Waals surface area contributed by atoms with Crippen molar-refractivity contribution in [3.05, 3.63) is 100 Å². The Labute approximate surface area is 365 Å². The summed E-state index contributed by atoms with van der Waals surface area (Å²) >= 11 is 6.15. The molecule has 2 amide bonds. The smallest absolute Gasteiger partial charge is 0.338 e. The molecule has 0 bridgehead atoms. The summed E-state index contributed by atoms with van der Waals surface area (Å²) in [5.74, 6) is -2.21. The van der Waals surface area contributed by atoms with Gasteiger partial charge in [0.15, 0.2) is 5.82 Å². The molecule has 18 heteroatoms. The van der Waals surface area contributed by atoms with Gasteiger partial charge in [0.1, 0.15) is 18.0 Å². The van der Waals surface area contributed by atoms with E-state index in [1.165, 1.54) is 34.1 Å². The highest BCUT2D eigenvalue weighted by Gasteiger charge is 2.37. The SMILES string of the molecule is COCCOCCOCCOCCN1CCN(c2cccc3c2CCN(C(=O)/C=C/c2c(-n4cnnn4)ccc(Cl)c2F)[C@@H]3C(=O)Nc2ccc(C(=O)OC(C)(C)C)cc2)CC1. The number of hydrogen-bond donors (Lipinski definition) is 1. The van der Waals surface area contributed by atoms with E-state index in [-0.39, 0.29) is 22.8 Å². The number of piperazine rings is 1. The van der Waals surface area contributed by atoms with E-state index in [0.717, 1.165) is 44.0 Å². The fourth-order valence-electron chi connectivity index (χ4n) is 7.23. The van der Waals surface area contributed by atoms with E-state index in [1.807, 2.05) is 12.1 Å². The number of fused-ring (bicyclic) bond motifs is 1. The Morgan fingerprint density at radius 2 is 1.56 bits per heavy atom. The van der Waals surface area contributed by atoms with Gasteiger partial charge in [-0.3, -0.25) is 14.5 Å². The molecule has 2 aliphatic heterocycles. The lowest BCUT2D eigenvalue weighted by molar-refractivity contribution is -0.135. The van der Waals surface area contributed by atoms with Gasteiger partial charge in [-0.2, -0.15) is 4.68 Å². The molecule has 1 saturated heterocycles. The monoisotopic (exact) mass is 876 g/mol. The van der Waals surface area contributed by atoms with Crippen LogP contribution in [-0.2, 0) is 39.7 Å². The van der Waals surface area contributed by atoms with Crippen LogP contribution in [-0.4, -0.2) is 146 Å². The molecule has 6 rings (SSSR count). The van der Waals surface area contributed by atoms with Gasteiger partial charge in [0.2, 0.25) is 5.91 Å². The van der Waals surface area contributed by atoms with E-state index >= 15 is 4.39 Å². The number of tetrazole rings is 1. The number of carbonyl (C=O) groups is 3. The van der Waals surface area contributed by atoms with Gasteiger partial charge in [-0.1, -0.05) is 23.7 Å². The summed E-state index contributed by atoms with van der Waals surface area (Å²) in [5.41, 5.74) is 3.02. The predicted octanol–water partition coefficient (Wildman–Crippen LogP) is 5.01. The lowest BCUT2D eigenvalue weighted by Gasteiger charge is -2.40. The first-order chi connectivity index (χ1) is 29.9. The van der Waals surface area contributed by atoms with Crippen LogP contribution in [0.3, 0.4) is 0 Å². The van der Waals surface area contributed by atoms with Crippen molar-refractivity contribution in [2.24, 2.45) is 0 Å². The van der Waals surface area contributed by atoms with Gasteiger partial charge in [0.05, 0.1) is 62.5 Å². The Morgan fingerprint density at radius 1 is 0.871 bits per heavy atom. The molecule has 0 radical (unpaired) electrons. The molecule has 1 fully saturated rings. The number of hydrogen-bond acceptors (Lipinski definition) is 13. The van der Waals surface area contributed by atoms with E-state index in [2.05, 4.69) is 36.7 Å². The first-order valence-corrected chi connectivity index (χ1v) is 21.0. The maximum absolute atomic E-state index is 15.5. The summed E-state index contributed by atoms with van der Waals surface area (Å²) in [6.45, 7) is 13.3. The predicted molar refractivity (Wildman–Crippen MR) is 231 cm³/mol. The number of carbonyl (C=O) groups excluding carboxylic acids is 3. The van der Waals surface area contributed by atoms with Gasteiger partial charge >= 0.3 is 5.97 Å². The molecular formula is C44H54ClFN8O8. The quantitative estimate of drug-likeness (QED) is 0.0762. The standard InChI is InChI=1S/C44H54ClFN8O8/c1-44(2,3)62-43(57)31-8-10-32(11-9-31)48-42(56)41-34-6-5-7-37(52-20-18-51(19-21-52)22-23-59-26-27-61-29-28-60-25-24-58-4)33(34)16-17-53(41)39(55)15-12-35-38(54-30-47-49-50-54)14-13-36(45)40(35)46/h5-15,30,41H,16-29H2,1-4H3,(H,48,56)/b15-12+/t41-/m0/s1. The number of halogens is 2. The van der Waals surface area contributed by atoms with Crippen LogP contribution in [0.5, 0.6) is 0 Å². The number of rotatable bonds is 19. The Bertz CT molecular complexity index is 2140. The fourth-order valence-corrected chi connectivity index (χ4v) is 7.40. The van der Waals surface area contributed by atoms with Crippen LogP contribution in [0.25, 0.3) is 11.8 Å². The Kier molecular flexibility index (Phi) is 16.5. The summed E-state index contributed by atoms with van der Waals surface area (Å²) in [4.78, 5) is 47.5. The number of methoxy groups -OCH3 is 1. The first-order valence-electron chi connectivity index (χ1n) is 20.6. The van der Waals surface area contributed by atoms with Crippen LogP contribution in [0.15, 0.2) is 67.0 Å². The van der Waals surface area contributed by atoms with Crippen molar-refractivity contribution in [1.82, 2.24) is 30.0 Å². The van der Waals surface area contributed by atoms with Crippen LogP contribution in [0, 0.1) is 5.82 Å². The number of ether oxygens (including phenoxy) is 5. The first kappa shape index (κ1) is 46.2. The normalized spacial score (nSPS) is 15.8. The molecular weight excluding hydrogens is 823 g/mol. The number of esters is 1. The van der Waals surface area contributed by atoms with Gasteiger partial charge < -0.3 is 38.8 Å². The van der Waals surface area contributed by atoms with Crippen molar-refractivity contribution < 1.29 is 42.5 Å². The summed E-state index contributed by atoms with van der Waals surface area (Å²) in [7, 11) is 1.64. The van der Waals surface area contributed by atoms with Crippen molar-refractivity contribution in [2.45, 2.75) is 38.8 Å². The molecule has 3 heterocycles. The molecule has 1 atom stereocenters. The molecule has 332 valence electrons. The van der Waals surface area contributed by atoms with Gasteiger partial charge in [0, 0.05) is 69.4 Å². The van der Waals surface area contributed by atoms with E-state index in [1.54, 1.807) is 58.2 Å². The molecule has 3 aromatic carbocycles. The second-order valence-electron chi connectivity index (χ2n) is 15.6. The number of amides is 2. The van der Waals surface area contributed by atoms with Crippen molar-refractivity contribution in [3.63, 3.8) is 0 Å². The third kappa shape index (κ3) is 12.4. The summed E-state index contributed by atoms with van der Waals surface area (Å²) in [6.07, 6.45) is 4.33. The largest absolute Gasteiger partial charge is 0.456 e. The van der Waals surface area contributed by atoms with E-state index in [0.29, 0.717) is 69.5 Å². The number of nitrogens with one attached hydrogen (secondary N) is 1. The molecule has 62 heavy (non-hydrogen) atoms. The van der Waals surface area contributed by atoms with Crippen molar-refractivity contribution in [1.29, 1.82) is 0 Å². The molecule has 1 N–H and O–H groups in total. The van der Waals surface area contributed by atoms with Gasteiger partial charge in [0.25, 0.3) is 5.91 Å². The fraction of sp³-hybridized carbons (Fsp3) is 0.455. The summed E-state index contributed by atoms with van der Waals surface area (Å²) < 4.78 is 43.9. The number of nitrogens with zero attached hydrogens (tertiary/aromatic N) is 7. The second-order valence-corrected chi connectivity index (χ2v) is 16.0. The highest BCUT2D eigenvalue weighted by atomic mass is 35.5. The average molecular weight is 877 g/mol. The van der Waals surface area contributed by atoms with E-state index in [4.69, 9.17) is 35.3 Å². The van der Waals surface area contributed by atoms with Crippen LogP contribution < -0.4 is 10.2 Å².